The molecule has 1 aromatic heterocycles. The maximum absolute atomic E-state index is 12.7. The largest absolute Gasteiger partial charge is 0.459 e. The number of nitrogens with one attached hydrogen (secondary N) is 1. The molecule has 25 heavy (non-hydrogen) atoms. The fraction of sp³-hybridized carbons (Fsp3) is 0.333. The average molecular weight is 473 g/mol. The number of rotatable bonds is 3. The summed E-state index contributed by atoms with van der Waals surface area (Å²) in [5.41, 5.74) is 1.45. The lowest BCUT2D eigenvalue weighted by molar-refractivity contribution is 0.0694. The molecule has 1 aliphatic rings. The number of furan rings is 1. The van der Waals surface area contributed by atoms with Crippen molar-refractivity contribution >= 4 is 46.0 Å². The van der Waals surface area contributed by atoms with Gasteiger partial charge in [-0.3, -0.25) is 9.59 Å². The van der Waals surface area contributed by atoms with Gasteiger partial charge in [-0.25, -0.2) is 0 Å². The highest BCUT2D eigenvalue weighted by molar-refractivity contribution is 14.1. The minimum atomic E-state index is -0.198. The summed E-state index contributed by atoms with van der Waals surface area (Å²) in [5, 5.41) is 3.54. The summed E-state index contributed by atoms with van der Waals surface area (Å²) >= 11 is 8.16. The third-order valence-electron chi connectivity index (χ3n) is 4.34. The molecule has 2 heterocycles. The van der Waals surface area contributed by atoms with Crippen molar-refractivity contribution in [3.05, 3.63) is 56.0 Å². The molecule has 1 saturated heterocycles. The first kappa shape index (κ1) is 18.3. The zero-order chi connectivity index (χ0) is 18.0. The molecule has 0 unspecified atom stereocenters. The molecule has 0 saturated carbocycles. The summed E-state index contributed by atoms with van der Waals surface area (Å²) in [6, 6.07) is 7.13. The van der Waals surface area contributed by atoms with Gasteiger partial charge in [-0.2, -0.15) is 0 Å². The van der Waals surface area contributed by atoms with Crippen molar-refractivity contribution in [2.75, 3.05) is 13.1 Å². The van der Waals surface area contributed by atoms with Gasteiger partial charge in [-0.1, -0.05) is 11.6 Å². The quantitative estimate of drug-likeness (QED) is 0.690. The van der Waals surface area contributed by atoms with Gasteiger partial charge in [0.2, 0.25) is 0 Å². The van der Waals surface area contributed by atoms with Crippen molar-refractivity contribution in [3.8, 4) is 0 Å². The van der Waals surface area contributed by atoms with Crippen LogP contribution in [0.4, 0.5) is 0 Å². The Morgan fingerprint density at radius 2 is 2.00 bits per heavy atom. The highest BCUT2D eigenvalue weighted by Crippen LogP contribution is 2.22. The fourth-order valence-corrected chi connectivity index (χ4v) is 3.65. The Bertz CT molecular complexity index is 797. The molecule has 0 bridgehead atoms. The van der Waals surface area contributed by atoms with Crippen LogP contribution in [0, 0.1) is 10.5 Å². The predicted octanol–water partition coefficient (Wildman–Crippen LogP) is 3.88. The monoisotopic (exact) mass is 472 g/mol. The number of carbonyl (C=O) groups excluding carboxylic acids is 2. The van der Waals surface area contributed by atoms with Crippen LogP contribution in [0.2, 0.25) is 5.02 Å². The second-order valence-electron chi connectivity index (χ2n) is 6.10. The van der Waals surface area contributed by atoms with Crippen LogP contribution < -0.4 is 5.32 Å². The van der Waals surface area contributed by atoms with Gasteiger partial charge in [0.25, 0.3) is 11.8 Å². The second-order valence-corrected chi connectivity index (χ2v) is 7.70. The fourth-order valence-electron chi connectivity index (χ4n) is 2.91. The predicted molar refractivity (Wildman–Crippen MR) is 104 cm³/mol. The third-order valence-corrected chi connectivity index (χ3v) is 5.52. The van der Waals surface area contributed by atoms with E-state index in [2.05, 4.69) is 27.9 Å². The summed E-state index contributed by atoms with van der Waals surface area (Å²) in [7, 11) is 0. The van der Waals surface area contributed by atoms with Gasteiger partial charge in [0.1, 0.15) is 0 Å². The number of halogens is 2. The third kappa shape index (κ3) is 4.17. The highest BCUT2D eigenvalue weighted by atomic mass is 127. The molecule has 1 aromatic carbocycles. The van der Waals surface area contributed by atoms with Gasteiger partial charge in [0.05, 0.1) is 11.8 Å². The van der Waals surface area contributed by atoms with Crippen molar-refractivity contribution in [1.82, 2.24) is 10.2 Å². The molecule has 1 aliphatic heterocycles. The van der Waals surface area contributed by atoms with Gasteiger partial charge < -0.3 is 14.6 Å². The van der Waals surface area contributed by atoms with E-state index in [1.807, 2.05) is 17.9 Å². The van der Waals surface area contributed by atoms with Gasteiger partial charge in [-0.05, 0) is 66.6 Å². The molecule has 3 rings (SSSR count). The maximum Gasteiger partial charge on any atom is 0.287 e. The number of hydrogen-bond acceptors (Lipinski definition) is 3. The van der Waals surface area contributed by atoms with Crippen molar-refractivity contribution < 1.29 is 14.0 Å². The Morgan fingerprint density at radius 3 is 2.64 bits per heavy atom. The number of carbonyl (C=O) groups is 2. The van der Waals surface area contributed by atoms with Crippen LogP contribution in [-0.4, -0.2) is 35.8 Å². The molecule has 5 nitrogen and oxygen atoms in total. The van der Waals surface area contributed by atoms with Crippen molar-refractivity contribution in [1.29, 1.82) is 0 Å². The van der Waals surface area contributed by atoms with Gasteiger partial charge in [0.15, 0.2) is 5.76 Å². The van der Waals surface area contributed by atoms with E-state index in [1.54, 1.807) is 18.2 Å². The Morgan fingerprint density at radius 1 is 1.28 bits per heavy atom. The number of nitrogens with zero attached hydrogens (tertiary/aromatic N) is 1. The van der Waals surface area contributed by atoms with E-state index < -0.39 is 0 Å². The number of piperidine rings is 1. The maximum atomic E-state index is 12.7. The van der Waals surface area contributed by atoms with Crippen molar-refractivity contribution in [2.45, 2.75) is 25.8 Å². The molecular formula is C18H18ClIN2O3. The first-order valence-corrected chi connectivity index (χ1v) is 9.50. The average Bonchev–Trinajstić information content (AvgIpc) is 3.03. The van der Waals surface area contributed by atoms with E-state index >= 15 is 0 Å². The van der Waals surface area contributed by atoms with Crippen molar-refractivity contribution in [3.63, 3.8) is 0 Å². The summed E-state index contributed by atoms with van der Waals surface area (Å²) in [4.78, 5) is 26.7. The molecule has 2 aromatic rings. The first-order valence-electron chi connectivity index (χ1n) is 8.05. The molecule has 7 heteroatoms. The lowest BCUT2D eigenvalue weighted by Crippen LogP contribution is -2.46. The molecule has 0 aliphatic carbocycles. The lowest BCUT2D eigenvalue weighted by atomic mass is 10.0. The smallest absolute Gasteiger partial charge is 0.287 e. The van der Waals surface area contributed by atoms with E-state index in [0.717, 1.165) is 9.13 Å². The van der Waals surface area contributed by atoms with E-state index in [4.69, 9.17) is 16.0 Å². The van der Waals surface area contributed by atoms with E-state index in [1.165, 1.54) is 6.26 Å². The molecule has 0 spiro atoms. The number of amides is 2. The van der Waals surface area contributed by atoms with Gasteiger partial charge in [0, 0.05) is 33.3 Å². The van der Waals surface area contributed by atoms with Crippen LogP contribution in [0.5, 0.6) is 0 Å². The highest BCUT2D eigenvalue weighted by Gasteiger charge is 2.26. The zero-order valence-corrected chi connectivity index (χ0v) is 16.6. The molecule has 0 atom stereocenters. The minimum Gasteiger partial charge on any atom is -0.459 e. The standard InChI is InChI=1S/C18H18ClIN2O3/c1-11-6-9-25-16(11)17(23)21-13-4-7-22(8-5-13)18(24)14-10-12(19)2-3-15(14)20/h2-3,6,9-10,13H,4-5,7-8H2,1H3,(H,21,23). The molecule has 2 amide bonds. The van der Waals surface area contributed by atoms with E-state index in [0.29, 0.717) is 42.3 Å². The zero-order valence-electron chi connectivity index (χ0n) is 13.7. The number of benzene rings is 1. The van der Waals surface area contributed by atoms with Crippen molar-refractivity contribution in [2.24, 2.45) is 0 Å². The van der Waals surface area contributed by atoms with Crippen LogP contribution >= 0.6 is 34.2 Å². The summed E-state index contributed by atoms with van der Waals surface area (Å²) in [6.07, 6.45) is 2.95. The Kier molecular flexibility index (Phi) is 5.68. The van der Waals surface area contributed by atoms with Crippen LogP contribution in [0.25, 0.3) is 0 Å². The molecule has 1 fully saturated rings. The second kappa shape index (κ2) is 7.78. The van der Waals surface area contributed by atoms with Crippen LogP contribution in [0.15, 0.2) is 34.9 Å². The van der Waals surface area contributed by atoms with Crippen LogP contribution in [0.1, 0.15) is 39.3 Å². The number of hydrogen-bond donors (Lipinski definition) is 1. The van der Waals surface area contributed by atoms with E-state index in [9.17, 15) is 9.59 Å². The Balaban J connectivity index is 1.58. The molecular weight excluding hydrogens is 455 g/mol. The molecule has 0 radical (unpaired) electrons. The number of likely N-dealkylation sites (tertiary alicyclic amines) is 1. The number of aryl methyl sites for hydroxylation is 1. The summed E-state index contributed by atoms with van der Waals surface area (Å²) in [6.45, 7) is 3.04. The molecule has 132 valence electrons. The van der Waals surface area contributed by atoms with Crippen LogP contribution in [-0.2, 0) is 0 Å². The Hall–Kier alpha value is -1.54. The first-order chi connectivity index (χ1) is 12.0. The lowest BCUT2D eigenvalue weighted by Gasteiger charge is -2.32. The van der Waals surface area contributed by atoms with Crippen LogP contribution in [0.3, 0.4) is 0 Å². The summed E-state index contributed by atoms with van der Waals surface area (Å²) < 4.78 is 6.10. The topological polar surface area (TPSA) is 62.6 Å². The normalized spacial score (nSPS) is 15.2. The SMILES string of the molecule is Cc1ccoc1C(=O)NC1CCN(C(=O)c2cc(Cl)ccc2I)CC1. The summed E-state index contributed by atoms with van der Waals surface area (Å²) in [5.74, 6) is 0.141. The molecule has 1 N–H and O–H groups in total. The van der Waals surface area contributed by atoms with Gasteiger partial charge >= 0.3 is 0 Å². The van der Waals surface area contributed by atoms with E-state index in [-0.39, 0.29) is 17.9 Å². The van der Waals surface area contributed by atoms with Gasteiger partial charge in [-0.15, -0.1) is 0 Å². The Labute approximate surface area is 164 Å². The minimum absolute atomic E-state index is 0.0152.